The van der Waals surface area contributed by atoms with Crippen LogP contribution in [-0.2, 0) is 4.79 Å². The number of nitrogens with one attached hydrogen (secondary N) is 3. The summed E-state index contributed by atoms with van der Waals surface area (Å²) in [7, 11) is 0. The van der Waals surface area contributed by atoms with Crippen LogP contribution in [0.1, 0.15) is 49.1 Å². The molecule has 0 saturated carbocycles. The van der Waals surface area contributed by atoms with Gasteiger partial charge in [-0.15, -0.1) is 0 Å². The summed E-state index contributed by atoms with van der Waals surface area (Å²) < 4.78 is 5.72. The Balaban J connectivity index is 0.772. The van der Waals surface area contributed by atoms with E-state index >= 15 is 0 Å². The molecule has 0 atom stereocenters. The average Bonchev–Trinajstić information content (AvgIpc) is 3.21. The normalized spacial score (nSPS) is 18.5. The van der Waals surface area contributed by atoms with Crippen LogP contribution in [0.15, 0.2) is 79.1 Å². The quantitative estimate of drug-likeness (QED) is 0.164. The van der Waals surface area contributed by atoms with Crippen molar-refractivity contribution >= 4 is 51.5 Å². The summed E-state index contributed by atoms with van der Waals surface area (Å²) >= 11 is 0. The Hall–Kier alpha value is -5.75. The molecule has 0 radical (unpaired) electrons. The lowest BCUT2D eigenvalue weighted by atomic mass is 9.88. The van der Waals surface area contributed by atoms with E-state index in [0.29, 0.717) is 43.4 Å². The summed E-state index contributed by atoms with van der Waals surface area (Å²) in [5.41, 5.74) is 9.43. The van der Waals surface area contributed by atoms with Crippen molar-refractivity contribution in [1.29, 1.82) is 0 Å². The van der Waals surface area contributed by atoms with Crippen molar-refractivity contribution < 1.29 is 14.3 Å². The number of hydrogen-bond donors (Lipinski definition) is 3. The number of imide groups is 1. The lowest BCUT2D eigenvalue weighted by Crippen LogP contribution is -2.49. The van der Waals surface area contributed by atoms with Gasteiger partial charge in [0.1, 0.15) is 12.3 Å². The van der Waals surface area contributed by atoms with Crippen LogP contribution in [0.2, 0.25) is 0 Å². The molecule has 3 fully saturated rings. The molecule has 6 heterocycles. The summed E-state index contributed by atoms with van der Waals surface area (Å²) in [4.78, 5) is 44.6. The fourth-order valence-corrected chi connectivity index (χ4v) is 8.47. The maximum absolute atomic E-state index is 12.2. The third kappa shape index (κ3) is 6.89. The molecule has 2 aromatic heterocycles. The first-order chi connectivity index (χ1) is 26.4. The number of urea groups is 1. The van der Waals surface area contributed by atoms with Crippen LogP contribution >= 0.6 is 0 Å². The van der Waals surface area contributed by atoms with E-state index in [2.05, 4.69) is 97.2 Å². The number of carbonyl (C=O) groups is 2. The van der Waals surface area contributed by atoms with Gasteiger partial charge in [-0.05, 0) is 111 Å². The predicted molar refractivity (Wildman–Crippen MR) is 212 cm³/mol. The number of piperidine rings is 2. The molecule has 12 heteroatoms. The van der Waals surface area contributed by atoms with E-state index in [0.717, 1.165) is 103 Å². The molecule has 4 aliphatic heterocycles. The summed E-state index contributed by atoms with van der Waals surface area (Å²) in [6, 6.07) is 23.5. The molecule has 4 aliphatic rings. The Morgan fingerprint density at radius 1 is 0.833 bits per heavy atom. The third-order valence-corrected chi connectivity index (χ3v) is 11.6. The molecule has 0 unspecified atom stereocenters. The number of nitrogens with zero attached hydrogens (tertiary/aromatic N) is 6. The van der Waals surface area contributed by atoms with E-state index in [1.807, 2.05) is 24.5 Å². The lowest BCUT2D eigenvalue weighted by Gasteiger charge is -2.42. The van der Waals surface area contributed by atoms with Crippen molar-refractivity contribution in [3.63, 3.8) is 0 Å². The van der Waals surface area contributed by atoms with Crippen molar-refractivity contribution in [2.24, 2.45) is 0 Å². The summed E-state index contributed by atoms with van der Waals surface area (Å²) in [5.74, 6) is 1.55. The van der Waals surface area contributed by atoms with Gasteiger partial charge in [-0.3, -0.25) is 15.0 Å². The molecule has 0 spiro atoms. The Morgan fingerprint density at radius 3 is 2.39 bits per heavy atom. The molecule has 5 aromatic rings. The first-order valence-corrected chi connectivity index (χ1v) is 19.2. The first-order valence-electron chi connectivity index (χ1n) is 19.2. The van der Waals surface area contributed by atoms with Gasteiger partial charge in [0.15, 0.2) is 0 Å². The Morgan fingerprint density at radius 2 is 1.61 bits per heavy atom. The number of rotatable bonds is 7. The topological polar surface area (TPSA) is 128 Å². The molecule has 3 aromatic carbocycles. The van der Waals surface area contributed by atoms with E-state index in [-0.39, 0.29) is 11.9 Å². The zero-order valence-corrected chi connectivity index (χ0v) is 30.6. The molecular weight excluding hydrogens is 679 g/mol. The van der Waals surface area contributed by atoms with Crippen LogP contribution in [0.3, 0.4) is 0 Å². The van der Waals surface area contributed by atoms with Crippen LogP contribution in [0.5, 0.6) is 5.88 Å². The fraction of sp³-hybridized carbons (Fsp3) is 0.357. The highest BCUT2D eigenvalue weighted by molar-refractivity contribution is 6.05. The third-order valence-electron chi connectivity index (χ3n) is 11.6. The number of ether oxygens (including phenoxy) is 1. The number of aromatic nitrogens is 3. The van der Waals surface area contributed by atoms with E-state index in [1.54, 1.807) is 4.90 Å². The van der Waals surface area contributed by atoms with Gasteiger partial charge in [0.2, 0.25) is 17.7 Å². The maximum Gasteiger partial charge on any atom is 0.328 e. The second kappa shape index (κ2) is 14.6. The molecule has 0 aliphatic carbocycles. The van der Waals surface area contributed by atoms with Gasteiger partial charge in [0, 0.05) is 79.0 Å². The average molecular weight is 724 g/mol. The number of amides is 3. The predicted octanol–water partition coefficient (Wildman–Crippen LogP) is 6.84. The van der Waals surface area contributed by atoms with Gasteiger partial charge in [-0.25, -0.2) is 19.7 Å². The summed E-state index contributed by atoms with van der Waals surface area (Å²) in [6.45, 7) is 8.25. The molecule has 3 amide bonds. The van der Waals surface area contributed by atoms with E-state index < -0.39 is 0 Å². The number of benzene rings is 3. The van der Waals surface area contributed by atoms with E-state index in [4.69, 9.17) is 9.72 Å². The Kier molecular flexibility index (Phi) is 9.19. The molecular formula is C42H45N9O3. The highest BCUT2D eigenvalue weighted by Gasteiger charge is 2.30. The number of likely N-dealkylation sites (tertiary alicyclic amines) is 1. The van der Waals surface area contributed by atoms with Gasteiger partial charge in [0.25, 0.3) is 0 Å². The highest BCUT2D eigenvalue weighted by atomic mass is 16.5. The summed E-state index contributed by atoms with van der Waals surface area (Å²) in [5, 5.41) is 10.2. The SMILES string of the molecule is Cc1c(-c2ccc3cnc(Nc4ccc(N5CCC(N6CCC(c7ccc(N8CCC(=O)NC8=O)cc7)CC6)CC5)cc4)nc3c2)cnc2c1NCCO2. The second-order valence-electron chi connectivity index (χ2n) is 14.8. The van der Waals surface area contributed by atoms with Crippen molar-refractivity contribution in [3.8, 4) is 17.0 Å². The van der Waals surface area contributed by atoms with Crippen LogP contribution in [0.25, 0.3) is 22.0 Å². The van der Waals surface area contributed by atoms with Crippen molar-refractivity contribution in [1.82, 2.24) is 25.2 Å². The summed E-state index contributed by atoms with van der Waals surface area (Å²) in [6.07, 6.45) is 8.71. The first kappa shape index (κ1) is 34.0. The fourth-order valence-electron chi connectivity index (χ4n) is 8.47. The minimum Gasteiger partial charge on any atom is -0.474 e. The minimum absolute atomic E-state index is 0.207. The number of anilines is 5. The second-order valence-corrected chi connectivity index (χ2v) is 14.8. The molecule has 12 nitrogen and oxygen atoms in total. The highest BCUT2D eigenvalue weighted by Crippen LogP contribution is 2.37. The van der Waals surface area contributed by atoms with Crippen molar-refractivity contribution in [2.75, 3.05) is 66.3 Å². The minimum atomic E-state index is -0.334. The van der Waals surface area contributed by atoms with Crippen LogP contribution in [0, 0.1) is 6.92 Å². The zero-order chi connectivity index (χ0) is 36.6. The number of hydrogen-bond acceptors (Lipinski definition) is 10. The molecule has 0 bridgehead atoms. The molecule has 276 valence electrons. The smallest absolute Gasteiger partial charge is 0.328 e. The van der Waals surface area contributed by atoms with Crippen molar-refractivity contribution in [3.05, 3.63) is 90.3 Å². The van der Waals surface area contributed by atoms with Gasteiger partial charge < -0.3 is 25.2 Å². The van der Waals surface area contributed by atoms with Crippen LogP contribution in [0.4, 0.5) is 33.5 Å². The number of fused-ring (bicyclic) bond motifs is 2. The molecule has 3 N–H and O–H groups in total. The maximum atomic E-state index is 12.2. The number of pyridine rings is 1. The largest absolute Gasteiger partial charge is 0.474 e. The van der Waals surface area contributed by atoms with Gasteiger partial charge >= 0.3 is 6.03 Å². The van der Waals surface area contributed by atoms with E-state index in [1.165, 1.54) is 11.3 Å². The standard InChI is InChI=1S/C42H45N9O3/c1-27-36(26-44-40-39(27)43-17-23-54-40)30-2-3-31-25-45-41(47-37(31)24-30)46-32-6-10-33(11-7-32)50-20-14-34(15-21-50)49-18-12-29(13-19-49)28-4-8-35(9-5-28)51-22-16-38(52)48-42(51)53/h2-11,24-26,29,34,43H,12-23H2,1H3,(H,45,46,47)(H,48,52,53). The Bertz CT molecular complexity index is 2180. The van der Waals surface area contributed by atoms with Gasteiger partial charge in [-0.1, -0.05) is 24.3 Å². The molecule has 3 saturated heterocycles. The molecule has 54 heavy (non-hydrogen) atoms. The van der Waals surface area contributed by atoms with E-state index in [9.17, 15) is 9.59 Å². The van der Waals surface area contributed by atoms with Gasteiger partial charge in [0.05, 0.1) is 5.52 Å². The van der Waals surface area contributed by atoms with Gasteiger partial charge in [-0.2, -0.15) is 0 Å². The lowest BCUT2D eigenvalue weighted by molar-refractivity contribution is -0.120. The monoisotopic (exact) mass is 723 g/mol. The Labute approximate surface area is 314 Å². The van der Waals surface area contributed by atoms with Crippen molar-refractivity contribution in [2.45, 2.75) is 51.0 Å². The number of carbonyl (C=O) groups excluding carboxylic acids is 2. The molecule has 9 rings (SSSR count). The zero-order valence-electron chi connectivity index (χ0n) is 30.6. The van der Waals surface area contributed by atoms with Crippen LogP contribution in [-0.4, -0.2) is 83.7 Å². The van der Waals surface area contributed by atoms with Crippen LogP contribution < -0.4 is 30.5 Å².